The van der Waals surface area contributed by atoms with Crippen LogP contribution in [0.3, 0.4) is 0 Å². The molecule has 0 bridgehead atoms. The quantitative estimate of drug-likeness (QED) is 0.913. The SMILES string of the molecule is CS(=O)(=O)NC[C@@H]1CCCCN1C(=O)c1ccccc1F. The molecule has 0 spiro atoms. The summed E-state index contributed by atoms with van der Waals surface area (Å²) in [4.78, 5) is 14.0. The molecule has 1 aliphatic rings. The molecule has 1 amide bonds. The molecular formula is C14H19FN2O3S. The van der Waals surface area contributed by atoms with Crippen molar-refractivity contribution in [1.82, 2.24) is 9.62 Å². The number of halogens is 1. The van der Waals surface area contributed by atoms with Gasteiger partial charge in [-0.1, -0.05) is 12.1 Å². The summed E-state index contributed by atoms with van der Waals surface area (Å²) in [5.41, 5.74) is 0.0313. The van der Waals surface area contributed by atoms with Gasteiger partial charge in [0.1, 0.15) is 5.82 Å². The van der Waals surface area contributed by atoms with Crippen molar-refractivity contribution in [2.75, 3.05) is 19.3 Å². The molecule has 1 fully saturated rings. The molecule has 0 saturated carbocycles. The van der Waals surface area contributed by atoms with Gasteiger partial charge in [0.2, 0.25) is 10.0 Å². The molecule has 1 aromatic rings. The first-order valence-electron chi connectivity index (χ1n) is 6.88. The van der Waals surface area contributed by atoms with E-state index < -0.39 is 15.8 Å². The molecule has 1 aromatic carbocycles. The van der Waals surface area contributed by atoms with Gasteiger partial charge in [-0.3, -0.25) is 4.79 Å². The standard InChI is InChI=1S/C14H19FN2O3S/c1-21(19,20)16-10-11-6-4-5-9-17(11)14(18)12-7-2-3-8-13(12)15/h2-3,7-8,11,16H,4-6,9-10H2,1H3/t11-/m0/s1. The second kappa shape index (κ2) is 6.53. The molecule has 1 heterocycles. The van der Waals surface area contributed by atoms with Crippen LogP contribution in [0.15, 0.2) is 24.3 Å². The highest BCUT2D eigenvalue weighted by Gasteiger charge is 2.29. The zero-order valence-electron chi connectivity index (χ0n) is 11.9. The lowest BCUT2D eigenvalue weighted by atomic mass is 10.0. The van der Waals surface area contributed by atoms with E-state index in [0.29, 0.717) is 13.0 Å². The molecule has 0 radical (unpaired) electrons. The summed E-state index contributed by atoms with van der Waals surface area (Å²) in [6.07, 6.45) is 3.56. The van der Waals surface area contributed by atoms with E-state index in [1.807, 2.05) is 0 Å². The minimum Gasteiger partial charge on any atom is -0.334 e. The molecule has 1 atom stereocenters. The first-order valence-corrected chi connectivity index (χ1v) is 8.78. The molecule has 21 heavy (non-hydrogen) atoms. The van der Waals surface area contributed by atoms with Gasteiger partial charge in [-0.2, -0.15) is 0 Å². The smallest absolute Gasteiger partial charge is 0.257 e. The van der Waals surface area contributed by atoms with Crippen LogP contribution in [0.4, 0.5) is 4.39 Å². The lowest BCUT2D eigenvalue weighted by molar-refractivity contribution is 0.0614. The van der Waals surface area contributed by atoms with Crippen LogP contribution >= 0.6 is 0 Å². The van der Waals surface area contributed by atoms with Crippen LogP contribution < -0.4 is 4.72 Å². The van der Waals surface area contributed by atoms with Crippen LogP contribution in [0.1, 0.15) is 29.6 Å². The van der Waals surface area contributed by atoms with Crippen molar-refractivity contribution in [1.29, 1.82) is 0 Å². The molecule has 1 aliphatic heterocycles. The Morgan fingerprint density at radius 3 is 2.76 bits per heavy atom. The second-order valence-corrected chi connectivity index (χ2v) is 7.08. The Kier molecular flexibility index (Phi) is 4.95. The number of piperidine rings is 1. The largest absolute Gasteiger partial charge is 0.334 e. The molecule has 5 nitrogen and oxygen atoms in total. The summed E-state index contributed by atoms with van der Waals surface area (Å²) >= 11 is 0. The van der Waals surface area contributed by atoms with E-state index in [4.69, 9.17) is 0 Å². The summed E-state index contributed by atoms with van der Waals surface area (Å²) in [5.74, 6) is -0.934. The molecule has 0 unspecified atom stereocenters. The van der Waals surface area contributed by atoms with Gasteiger partial charge in [-0.25, -0.2) is 17.5 Å². The fourth-order valence-electron chi connectivity index (χ4n) is 2.52. The predicted octanol–water partition coefficient (Wildman–Crippen LogP) is 1.37. The van der Waals surface area contributed by atoms with Gasteiger partial charge in [0.05, 0.1) is 11.8 Å². The van der Waals surface area contributed by atoms with Crippen LogP contribution in [0.25, 0.3) is 0 Å². The fraction of sp³-hybridized carbons (Fsp3) is 0.500. The van der Waals surface area contributed by atoms with E-state index >= 15 is 0 Å². The summed E-state index contributed by atoms with van der Waals surface area (Å²) < 4.78 is 38.6. The van der Waals surface area contributed by atoms with Gasteiger partial charge in [0.25, 0.3) is 5.91 Å². The maximum absolute atomic E-state index is 13.7. The lowest BCUT2D eigenvalue weighted by Crippen LogP contribution is -2.49. The van der Waals surface area contributed by atoms with Gasteiger partial charge in [0, 0.05) is 19.1 Å². The van der Waals surface area contributed by atoms with Crippen LogP contribution in [0.5, 0.6) is 0 Å². The van der Waals surface area contributed by atoms with E-state index in [-0.39, 0.29) is 24.1 Å². The molecule has 2 rings (SSSR count). The molecule has 0 aliphatic carbocycles. The highest BCUT2D eigenvalue weighted by Crippen LogP contribution is 2.20. The van der Waals surface area contributed by atoms with Crippen LogP contribution in [-0.2, 0) is 10.0 Å². The number of nitrogens with one attached hydrogen (secondary N) is 1. The third kappa shape index (κ3) is 4.25. The summed E-state index contributed by atoms with van der Waals surface area (Å²) in [7, 11) is -3.31. The summed E-state index contributed by atoms with van der Waals surface area (Å²) in [5, 5.41) is 0. The zero-order valence-corrected chi connectivity index (χ0v) is 12.7. The van der Waals surface area contributed by atoms with Crippen LogP contribution in [0.2, 0.25) is 0 Å². The number of hydrogen-bond acceptors (Lipinski definition) is 3. The zero-order chi connectivity index (χ0) is 15.5. The van der Waals surface area contributed by atoms with Crippen molar-refractivity contribution in [2.24, 2.45) is 0 Å². The van der Waals surface area contributed by atoms with Gasteiger partial charge < -0.3 is 4.90 Å². The van der Waals surface area contributed by atoms with Crippen molar-refractivity contribution in [3.63, 3.8) is 0 Å². The van der Waals surface area contributed by atoms with Gasteiger partial charge in [-0.15, -0.1) is 0 Å². The molecular weight excluding hydrogens is 295 g/mol. The summed E-state index contributed by atoms with van der Waals surface area (Å²) in [6, 6.07) is 5.61. The Bertz CT molecular complexity index is 618. The minimum absolute atomic E-state index is 0.0313. The Morgan fingerprint density at radius 2 is 2.10 bits per heavy atom. The van der Waals surface area contributed by atoms with E-state index in [1.165, 1.54) is 18.2 Å². The Labute approximate surface area is 124 Å². The van der Waals surface area contributed by atoms with E-state index in [9.17, 15) is 17.6 Å². The first kappa shape index (κ1) is 15.9. The minimum atomic E-state index is -3.31. The number of nitrogens with zero attached hydrogens (tertiary/aromatic N) is 1. The summed E-state index contributed by atoms with van der Waals surface area (Å²) in [6.45, 7) is 0.683. The molecule has 1 N–H and O–H groups in total. The molecule has 116 valence electrons. The van der Waals surface area contributed by atoms with Crippen molar-refractivity contribution in [3.8, 4) is 0 Å². The van der Waals surface area contributed by atoms with Gasteiger partial charge in [-0.05, 0) is 31.4 Å². The number of carbonyl (C=O) groups excluding carboxylic acids is 1. The second-order valence-electron chi connectivity index (χ2n) is 5.25. The number of likely N-dealkylation sites (tertiary alicyclic amines) is 1. The third-order valence-electron chi connectivity index (χ3n) is 3.57. The number of hydrogen-bond donors (Lipinski definition) is 1. The van der Waals surface area contributed by atoms with E-state index in [2.05, 4.69) is 4.72 Å². The third-order valence-corrected chi connectivity index (χ3v) is 4.26. The highest BCUT2D eigenvalue weighted by molar-refractivity contribution is 7.88. The molecule has 1 saturated heterocycles. The Balaban J connectivity index is 2.15. The highest BCUT2D eigenvalue weighted by atomic mass is 32.2. The van der Waals surface area contributed by atoms with Crippen molar-refractivity contribution >= 4 is 15.9 Å². The molecule has 0 aromatic heterocycles. The van der Waals surface area contributed by atoms with Gasteiger partial charge >= 0.3 is 0 Å². The van der Waals surface area contributed by atoms with E-state index in [0.717, 1.165) is 19.1 Å². The van der Waals surface area contributed by atoms with Crippen molar-refractivity contribution in [3.05, 3.63) is 35.6 Å². The normalized spacial score (nSPS) is 19.5. The topological polar surface area (TPSA) is 66.5 Å². The molecule has 7 heteroatoms. The Hall–Kier alpha value is -1.47. The lowest BCUT2D eigenvalue weighted by Gasteiger charge is -2.35. The maximum Gasteiger partial charge on any atom is 0.257 e. The van der Waals surface area contributed by atoms with Crippen molar-refractivity contribution < 1.29 is 17.6 Å². The predicted molar refractivity (Wildman–Crippen MR) is 77.9 cm³/mol. The maximum atomic E-state index is 13.7. The van der Waals surface area contributed by atoms with E-state index in [1.54, 1.807) is 11.0 Å². The van der Waals surface area contributed by atoms with Crippen LogP contribution in [0, 0.1) is 5.82 Å². The fourth-order valence-corrected chi connectivity index (χ4v) is 3.01. The average Bonchev–Trinajstić information content (AvgIpc) is 2.44. The number of amides is 1. The first-order chi connectivity index (χ1) is 9.88. The Morgan fingerprint density at radius 1 is 1.38 bits per heavy atom. The number of rotatable bonds is 4. The van der Waals surface area contributed by atoms with Crippen LogP contribution in [-0.4, -0.2) is 44.6 Å². The average molecular weight is 314 g/mol. The number of carbonyl (C=O) groups is 1. The number of benzene rings is 1. The van der Waals surface area contributed by atoms with Crippen molar-refractivity contribution in [2.45, 2.75) is 25.3 Å². The monoisotopic (exact) mass is 314 g/mol. The van der Waals surface area contributed by atoms with Gasteiger partial charge in [0.15, 0.2) is 0 Å². The number of sulfonamides is 1.